The maximum Gasteiger partial charge on any atom is 0.294 e. The summed E-state index contributed by atoms with van der Waals surface area (Å²) in [5.41, 5.74) is 0.833. The van der Waals surface area contributed by atoms with E-state index in [1.807, 2.05) is 0 Å². The van der Waals surface area contributed by atoms with Gasteiger partial charge in [-0.1, -0.05) is 18.2 Å². The number of nitro groups is 1. The van der Waals surface area contributed by atoms with Crippen molar-refractivity contribution in [3.63, 3.8) is 0 Å². The van der Waals surface area contributed by atoms with Gasteiger partial charge >= 0.3 is 0 Å². The van der Waals surface area contributed by atoms with Crippen LogP contribution in [0.3, 0.4) is 0 Å². The van der Waals surface area contributed by atoms with Crippen LogP contribution in [0.1, 0.15) is 15.9 Å². The van der Waals surface area contributed by atoms with Crippen molar-refractivity contribution in [3.05, 3.63) is 82.4 Å². The minimum absolute atomic E-state index is 0.0734. The van der Waals surface area contributed by atoms with Gasteiger partial charge in [0.15, 0.2) is 0 Å². The number of hydrogen-bond acceptors (Lipinski definition) is 5. The van der Waals surface area contributed by atoms with Crippen molar-refractivity contribution < 1.29 is 14.8 Å². The fourth-order valence-electron chi connectivity index (χ4n) is 2.37. The summed E-state index contributed by atoms with van der Waals surface area (Å²) in [5.74, 6) is -0.396. The number of imidazole rings is 1. The SMILES string of the molecule is O=C(NCc1ccccc1O)c1ccc(-n2ccnc2)c([N+](=O)[O-])c1. The van der Waals surface area contributed by atoms with Crippen LogP contribution in [0.25, 0.3) is 5.69 Å². The molecule has 0 saturated carbocycles. The van der Waals surface area contributed by atoms with E-state index in [0.29, 0.717) is 11.3 Å². The van der Waals surface area contributed by atoms with Crippen LogP contribution < -0.4 is 5.32 Å². The number of phenols is 1. The molecule has 8 nitrogen and oxygen atoms in total. The molecule has 0 fully saturated rings. The molecule has 0 spiro atoms. The average Bonchev–Trinajstić information content (AvgIpc) is 3.14. The summed E-state index contributed by atoms with van der Waals surface area (Å²) in [6.07, 6.45) is 4.54. The Balaban J connectivity index is 1.82. The van der Waals surface area contributed by atoms with Crippen molar-refractivity contribution in [1.29, 1.82) is 0 Å². The molecule has 25 heavy (non-hydrogen) atoms. The highest BCUT2D eigenvalue weighted by Gasteiger charge is 2.18. The summed E-state index contributed by atoms with van der Waals surface area (Å²) < 4.78 is 1.50. The quantitative estimate of drug-likeness (QED) is 0.548. The van der Waals surface area contributed by atoms with Gasteiger partial charge in [-0.2, -0.15) is 0 Å². The number of rotatable bonds is 5. The Hall–Kier alpha value is -3.68. The standard InChI is InChI=1S/C17H14N4O4/c22-16-4-2-1-3-13(16)10-19-17(23)12-5-6-14(15(9-12)21(24)25)20-8-7-18-11-20/h1-9,11,22H,10H2,(H,19,23). The number of hydrogen-bond donors (Lipinski definition) is 2. The number of aromatic hydroxyl groups is 1. The van der Waals surface area contributed by atoms with E-state index in [-0.39, 0.29) is 23.5 Å². The fourth-order valence-corrected chi connectivity index (χ4v) is 2.37. The van der Waals surface area contributed by atoms with Crippen LogP contribution in [-0.2, 0) is 6.54 Å². The highest BCUT2D eigenvalue weighted by atomic mass is 16.6. The summed E-state index contributed by atoms with van der Waals surface area (Å²) >= 11 is 0. The van der Waals surface area contributed by atoms with Gasteiger partial charge in [0.05, 0.1) is 11.3 Å². The molecular formula is C17H14N4O4. The van der Waals surface area contributed by atoms with Crippen LogP contribution in [-0.4, -0.2) is 25.5 Å². The van der Waals surface area contributed by atoms with Gasteiger partial charge in [-0.3, -0.25) is 14.9 Å². The second kappa shape index (κ2) is 6.83. The van der Waals surface area contributed by atoms with E-state index in [4.69, 9.17) is 0 Å². The van der Waals surface area contributed by atoms with Gasteiger partial charge in [0.25, 0.3) is 11.6 Å². The third-order valence-electron chi connectivity index (χ3n) is 3.65. The van der Waals surface area contributed by atoms with E-state index >= 15 is 0 Å². The van der Waals surface area contributed by atoms with Crippen molar-refractivity contribution in [2.45, 2.75) is 6.54 Å². The van der Waals surface area contributed by atoms with E-state index < -0.39 is 10.8 Å². The first-order valence-corrected chi connectivity index (χ1v) is 7.38. The first-order chi connectivity index (χ1) is 12.1. The predicted molar refractivity (Wildman–Crippen MR) is 89.5 cm³/mol. The molecule has 0 unspecified atom stereocenters. The summed E-state index contributed by atoms with van der Waals surface area (Å²) in [4.78, 5) is 26.9. The van der Waals surface area contributed by atoms with Crippen LogP contribution in [0.5, 0.6) is 5.75 Å². The van der Waals surface area contributed by atoms with E-state index in [9.17, 15) is 20.0 Å². The summed E-state index contributed by atoms with van der Waals surface area (Å²) in [5, 5.41) is 23.7. The number of amides is 1. The maximum absolute atomic E-state index is 12.3. The van der Waals surface area contributed by atoms with E-state index in [0.717, 1.165) is 0 Å². The number of nitrogens with one attached hydrogen (secondary N) is 1. The number of nitro benzene ring substituents is 1. The number of carbonyl (C=O) groups excluding carboxylic acids is 1. The third kappa shape index (κ3) is 3.47. The molecule has 0 aliphatic heterocycles. The zero-order chi connectivity index (χ0) is 17.8. The van der Waals surface area contributed by atoms with Gasteiger partial charge in [0.1, 0.15) is 11.4 Å². The van der Waals surface area contributed by atoms with Crippen LogP contribution in [0, 0.1) is 10.1 Å². The van der Waals surface area contributed by atoms with Gasteiger partial charge < -0.3 is 15.0 Å². The smallest absolute Gasteiger partial charge is 0.294 e. The van der Waals surface area contributed by atoms with Gasteiger partial charge in [0.2, 0.25) is 0 Å². The molecule has 0 bridgehead atoms. The molecule has 2 N–H and O–H groups in total. The van der Waals surface area contributed by atoms with Gasteiger partial charge in [0, 0.05) is 36.1 Å². The zero-order valence-electron chi connectivity index (χ0n) is 13.0. The lowest BCUT2D eigenvalue weighted by Crippen LogP contribution is -2.23. The van der Waals surface area contributed by atoms with Crippen LogP contribution in [0.4, 0.5) is 5.69 Å². The first-order valence-electron chi connectivity index (χ1n) is 7.38. The molecule has 1 heterocycles. The number of benzene rings is 2. The van der Waals surface area contributed by atoms with E-state index in [1.54, 1.807) is 24.4 Å². The number of phenolic OH excluding ortho intramolecular Hbond substituents is 1. The Morgan fingerprint density at radius 1 is 1.28 bits per heavy atom. The highest BCUT2D eigenvalue weighted by molar-refractivity contribution is 5.95. The number of carbonyl (C=O) groups is 1. The highest BCUT2D eigenvalue weighted by Crippen LogP contribution is 2.24. The number of nitrogens with zero attached hydrogens (tertiary/aromatic N) is 3. The lowest BCUT2D eigenvalue weighted by atomic mass is 10.1. The third-order valence-corrected chi connectivity index (χ3v) is 3.65. The number of aromatic nitrogens is 2. The Morgan fingerprint density at radius 2 is 2.08 bits per heavy atom. The van der Waals surface area contributed by atoms with Crippen LogP contribution in [0.2, 0.25) is 0 Å². The molecule has 3 aromatic rings. The van der Waals surface area contributed by atoms with E-state index in [1.165, 1.54) is 41.4 Å². The zero-order valence-corrected chi connectivity index (χ0v) is 13.0. The topological polar surface area (TPSA) is 110 Å². The monoisotopic (exact) mass is 338 g/mol. The summed E-state index contributed by atoms with van der Waals surface area (Å²) in [6, 6.07) is 10.8. The second-order valence-corrected chi connectivity index (χ2v) is 5.24. The van der Waals surface area contributed by atoms with Crippen molar-refractivity contribution in [2.24, 2.45) is 0 Å². The lowest BCUT2D eigenvalue weighted by Gasteiger charge is -2.09. The fraction of sp³-hybridized carbons (Fsp3) is 0.0588. The van der Waals surface area contributed by atoms with Gasteiger partial charge in [-0.25, -0.2) is 4.98 Å². The van der Waals surface area contributed by atoms with Gasteiger partial charge in [-0.15, -0.1) is 0 Å². The molecule has 0 saturated heterocycles. The summed E-state index contributed by atoms with van der Waals surface area (Å²) in [7, 11) is 0. The molecule has 1 aromatic heterocycles. The average molecular weight is 338 g/mol. The molecule has 3 rings (SSSR count). The van der Waals surface area contributed by atoms with E-state index in [2.05, 4.69) is 10.3 Å². The second-order valence-electron chi connectivity index (χ2n) is 5.24. The molecule has 0 aliphatic rings. The maximum atomic E-state index is 12.3. The minimum Gasteiger partial charge on any atom is -0.508 e. The van der Waals surface area contributed by atoms with Crippen molar-refractivity contribution >= 4 is 11.6 Å². The predicted octanol–water partition coefficient (Wildman–Crippen LogP) is 2.42. The molecule has 2 aromatic carbocycles. The van der Waals surface area contributed by atoms with Crippen LogP contribution >= 0.6 is 0 Å². The Kier molecular flexibility index (Phi) is 4.42. The number of para-hydroxylation sites is 1. The molecule has 0 atom stereocenters. The largest absolute Gasteiger partial charge is 0.508 e. The van der Waals surface area contributed by atoms with Crippen molar-refractivity contribution in [1.82, 2.24) is 14.9 Å². The Morgan fingerprint density at radius 3 is 2.76 bits per heavy atom. The molecule has 8 heteroatoms. The van der Waals surface area contributed by atoms with Crippen LogP contribution in [0.15, 0.2) is 61.2 Å². The first kappa shape index (κ1) is 16.2. The van der Waals surface area contributed by atoms with Crippen molar-refractivity contribution in [2.75, 3.05) is 0 Å². The Labute approximate surface area is 142 Å². The molecule has 0 aliphatic carbocycles. The molecule has 126 valence electrons. The Bertz CT molecular complexity index is 922. The lowest BCUT2D eigenvalue weighted by molar-refractivity contribution is -0.384. The molecular weight excluding hydrogens is 324 g/mol. The normalized spacial score (nSPS) is 10.4. The molecule has 0 radical (unpaired) electrons. The van der Waals surface area contributed by atoms with Gasteiger partial charge in [-0.05, 0) is 18.2 Å². The van der Waals surface area contributed by atoms with Crippen molar-refractivity contribution in [3.8, 4) is 11.4 Å². The summed E-state index contributed by atoms with van der Waals surface area (Å²) in [6.45, 7) is 0.114. The molecule has 1 amide bonds. The minimum atomic E-state index is -0.546.